The van der Waals surface area contributed by atoms with E-state index in [1.54, 1.807) is 17.7 Å². The van der Waals surface area contributed by atoms with Gasteiger partial charge in [0.15, 0.2) is 0 Å². The lowest BCUT2D eigenvalue weighted by Gasteiger charge is -2.23. The summed E-state index contributed by atoms with van der Waals surface area (Å²) in [7, 11) is 1.79. The molecule has 0 N–H and O–H groups in total. The van der Waals surface area contributed by atoms with Gasteiger partial charge < -0.3 is 9.30 Å². The first-order valence-corrected chi connectivity index (χ1v) is 11.5. The molecule has 0 aliphatic carbocycles. The van der Waals surface area contributed by atoms with Gasteiger partial charge in [-0.3, -0.25) is 14.7 Å². The second-order valence-electron chi connectivity index (χ2n) is 8.53. The van der Waals surface area contributed by atoms with E-state index in [1.165, 1.54) is 16.7 Å². The molecule has 0 aliphatic heterocycles. The molecule has 0 radical (unpaired) electrons. The fraction of sp³-hybridized carbons (Fsp3) is 0.286. The van der Waals surface area contributed by atoms with Crippen LogP contribution in [-0.2, 0) is 20.0 Å². The third-order valence-corrected chi connectivity index (χ3v) is 5.91. The van der Waals surface area contributed by atoms with Gasteiger partial charge in [-0.05, 0) is 61.2 Å². The lowest BCUT2D eigenvalue weighted by Crippen LogP contribution is -2.28. The highest BCUT2D eigenvalue weighted by molar-refractivity contribution is 5.85. The minimum Gasteiger partial charge on any atom is -0.494 e. The molecule has 5 nitrogen and oxygen atoms in total. The lowest BCUT2D eigenvalue weighted by molar-refractivity contribution is 0.230. The number of aryl methyl sites for hydroxylation is 2. The summed E-state index contributed by atoms with van der Waals surface area (Å²) in [6.07, 6.45) is 5.68. The van der Waals surface area contributed by atoms with Crippen molar-refractivity contribution in [2.75, 3.05) is 19.7 Å². The van der Waals surface area contributed by atoms with E-state index in [-0.39, 0.29) is 30.4 Å². The topological polar surface area (TPSA) is 47.4 Å². The quantitative estimate of drug-likeness (QED) is 0.259. The predicted octanol–water partition coefficient (Wildman–Crippen LogP) is 5.60. The largest absolute Gasteiger partial charge is 0.494 e. The maximum atomic E-state index is 11.8. The van der Waals surface area contributed by atoms with Gasteiger partial charge in [0.05, 0.1) is 12.1 Å². The van der Waals surface area contributed by atoms with E-state index in [4.69, 9.17) is 4.74 Å². The van der Waals surface area contributed by atoms with Crippen molar-refractivity contribution >= 4 is 35.7 Å². The second-order valence-corrected chi connectivity index (χ2v) is 8.53. The van der Waals surface area contributed by atoms with E-state index in [0.717, 1.165) is 49.1 Å². The van der Waals surface area contributed by atoms with Crippen LogP contribution in [0.15, 0.2) is 83.9 Å². The Hall–Kier alpha value is -2.86. The highest BCUT2D eigenvalue weighted by Gasteiger charge is 2.08. The highest BCUT2D eigenvalue weighted by atomic mass is 35.5. The number of hydrogen-bond donors (Lipinski definition) is 0. The summed E-state index contributed by atoms with van der Waals surface area (Å²) in [4.78, 5) is 18.5. The van der Waals surface area contributed by atoms with Crippen LogP contribution in [0.3, 0.4) is 0 Å². The Labute approximate surface area is 219 Å². The van der Waals surface area contributed by atoms with E-state index < -0.39 is 0 Å². The van der Waals surface area contributed by atoms with E-state index in [9.17, 15) is 4.79 Å². The van der Waals surface area contributed by atoms with E-state index in [1.807, 2.05) is 42.7 Å². The summed E-state index contributed by atoms with van der Waals surface area (Å²) in [6.45, 7) is 5.64. The maximum Gasteiger partial charge on any atom is 0.250 e. The van der Waals surface area contributed by atoms with Crippen LogP contribution in [0.2, 0.25) is 0 Å². The maximum absolute atomic E-state index is 11.8. The molecule has 0 atom stereocenters. The summed E-state index contributed by atoms with van der Waals surface area (Å²) < 4.78 is 7.70. The van der Waals surface area contributed by atoms with Crippen LogP contribution in [0.4, 0.5) is 0 Å². The molecule has 0 spiro atoms. The first kappa shape index (κ1) is 28.4. The van der Waals surface area contributed by atoms with Gasteiger partial charge in [-0.2, -0.15) is 0 Å². The smallest absolute Gasteiger partial charge is 0.250 e. The fourth-order valence-corrected chi connectivity index (χ4v) is 4.10. The zero-order chi connectivity index (χ0) is 23.0. The molecular formula is C28H33Cl2N3O2. The number of nitrogens with zero attached hydrogens (tertiary/aromatic N) is 3. The van der Waals surface area contributed by atoms with Crippen LogP contribution in [0, 0.1) is 6.92 Å². The van der Waals surface area contributed by atoms with Crippen molar-refractivity contribution in [2.24, 2.45) is 7.05 Å². The Morgan fingerprint density at radius 3 is 2.54 bits per heavy atom. The van der Waals surface area contributed by atoms with Crippen molar-refractivity contribution in [1.29, 1.82) is 0 Å². The molecule has 0 saturated heterocycles. The summed E-state index contributed by atoms with van der Waals surface area (Å²) in [6, 6.07) is 22.2. The zero-order valence-corrected chi connectivity index (χ0v) is 21.9. The van der Waals surface area contributed by atoms with Crippen LogP contribution in [0.1, 0.15) is 23.1 Å². The Balaban J connectivity index is 0.00000216. The zero-order valence-electron chi connectivity index (χ0n) is 20.2. The van der Waals surface area contributed by atoms with Crippen LogP contribution >= 0.6 is 24.8 Å². The third kappa shape index (κ3) is 8.10. The fourth-order valence-electron chi connectivity index (χ4n) is 4.10. The van der Waals surface area contributed by atoms with Crippen molar-refractivity contribution in [3.63, 3.8) is 0 Å². The number of hydrogen-bond acceptors (Lipinski definition) is 4. The van der Waals surface area contributed by atoms with Crippen LogP contribution < -0.4 is 10.3 Å². The van der Waals surface area contributed by atoms with Crippen LogP contribution in [0.25, 0.3) is 10.9 Å². The number of halogens is 2. The van der Waals surface area contributed by atoms with Crippen LogP contribution in [0.5, 0.6) is 5.75 Å². The molecule has 35 heavy (non-hydrogen) atoms. The average molecular weight is 514 g/mol. The Kier molecular flexibility index (Phi) is 11.3. The molecule has 2 aromatic carbocycles. The van der Waals surface area contributed by atoms with Crippen molar-refractivity contribution in [1.82, 2.24) is 14.5 Å². The molecule has 0 fully saturated rings. The molecule has 4 rings (SSSR count). The van der Waals surface area contributed by atoms with Gasteiger partial charge in [0.2, 0.25) is 0 Å². The van der Waals surface area contributed by atoms with Gasteiger partial charge in [-0.25, -0.2) is 0 Å². The standard InChI is InChI=1S/C28H31N3O2.2ClH/c1-22-6-3-7-24(18-22)21-31(16-13-23-8-4-14-29-20-23)15-5-17-33-26-10-11-27-25(19-26)9-12-28(32)30(27)2;;/h3-4,6-12,14,18-20H,5,13,15-17,21H2,1-2H3;2*1H. The van der Waals surface area contributed by atoms with Crippen molar-refractivity contribution in [3.05, 3.63) is 106 Å². The molecule has 186 valence electrons. The number of ether oxygens (including phenoxy) is 1. The molecule has 0 aliphatic rings. The van der Waals surface area contributed by atoms with Crippen molar-refractivity contribution in [2.45, 2.75) is 26.3 Å². The van der Waals surface area contributed by atoms with Gasteiger partial charge >= 0.3 is 0 Å². The summed E-state index contributed by atoms with van der Waals surface area (Å²) in [5.41, 5.74) is 4.79. The first-order valence-electron chi connectivity index (χ1n) is 11.5. The summed E-state index contributed by atoms with van der Waals surface area (Å²) in [5, 5.41) is 1.01. The van der Waals surface area contributed by atoms with E-state index in [0.29, 0.717) is 6.61 Å². The van der Waals surface area contributed by atoms with E-state index >= 15 is 0 Å². The number of aromatic nitrogens is 2. The number of fused-ring (bicyclic) bond motifs is 1. The third-order valence-electron chi connectivity index (χ3n) is 5.91. The Bertz CT molecular complexity index is 1260. The number of benzene rings is 2. The SMILES string of the molecule is Cc1cccc(CN(CCCOc2ccc3c(ccc(=O)n3C)c2)CCc2cccnc2)c1.Cl.Cl. The first-order chi connectivity index (χ1) is 16.1. The Morgan fingerprint density at radius 2 is 1.77 bits per heavy atom. The minimum atomic E-state index is -0.00356. The number of pyridine rings is 2. The lowest BCUT2D eigenvalue weighted by atomic mass is 10.1. The van der Waals surface area contributed by atoms with Gasteiger partial charge in [0.1, 0.15) is 5.75 Å². The number of rotatable bonds is 10. The van der Waals surface area contributed by atoms with Gasteiger partial charge in [-0.1, -0.05) is 35.9 Å². The highest BCUT2D eigenvalue weighted by Crippen LogP contribution is 2.19. The summed E-state index contributed by atoms with van der Waals surface area (Å²) in [5.74, 6) is 0.835. The monoisotopic (exact) mass is 513 g/mol. The molecule has 0 amide bonds. The average Bonchev–Trinajstić information content (AvgIpc) is 2.83. The van der Waals surface area contributed by atoms with Crippen LogP contribution in [-0.4, -0.2) is 34.1 Å². The van der Waals surface area contributed by atoms with Crippen molar-refractivity contribution < 1.29 is 4.74 Å². The molecule has 4 aromatic rings. The van der Waals surface area contributed by atoms with Crippen molar-refractivity contribution in [3.8, 4) is 5.75 Å². The van der Waals surface area contributed by atoms with E-state index in [2.05, 4.69) is 47.1 Å². The predicted molar refractivity (Wildman–Crippen MR) is 148 cm³/mol. The second kappa shape index (κ2) is 13.9. The molecule has 0 unspecified atom stereocenters. The van der Waals surface area contributed by atoms with Gasteiger partial charge in [0.25, 0.3) is 5.56 Å². The van der Waals surface area contributed by atoms with Gasteiger partial charge in [-0.15, -0.1) is 24.8 Å². The molecule has 2 heterocycles. The molecule has 0 bridgehead atoms. The Morgan fingerprint density at radius 1 is 0.943 bits per heavy atom. The van der Waals surface area contributed by atoms with Gasteiger partial charge in [0, 0.05) is 50.5 Å². The minimum absolute atomic E-state index is 0. The summed E-state index contributed by atoms with van der Waals surface area (Å²) >= 11 is 0. The molecule has 2 aromatic heterocycles. The molecule has 7 heteroatoms. The normalized spacial score (nSPS) is 10.6. The molecular weight excluding hydrogens is 481 g/mol. The molecule has 0 saturated carbocycles.